The molecule has 2 aromatic rings. The van der Waals surface area contributed by atoms with E-state index in [1.165, 1.54) is 12.5 Å². The minimum atomic E-state index is -3.78. The van der Waals surface area contributed by atoms with Crippen LogP contribution in [-0.2, 0) is 15.6 Å². The van der Waals surface area contributed by atoms with Gasteiger partial charge < -0.3 is 4.57 Å². The molecule has 0 fully saturated rings. The average molecular weight is 305 g/mol. The predicted octanol–water partition coefficient (Wildman–Crippen LogP) is 2.82. The Morgan fingerprint density at radius 1 is 1.39 bits per heavy atom. The predicted molar refractivity (Wildman–Crippen MR) is 70.6 cm³/mol. The molecule has 0 amide bonds. The lowest BCUT2D eigenvalue weighted by molar-refractivity contribution is 0.606. The van der Waals surface area contributed by atoms with E-state index in [0.717, 1.165) is 11.1 Å². The van der Waals surface area contributed by atoms with Crippen LogP contribution < -0.4 is 0 Å². The van der Waals surface area contributed by atoms with E-state index in [-0.39, 0.29) is 5.03 Å². The highest BCUT2D eigenvalue weighted by molar-refractivity contribution is 8.13. The van der Waals surface area contributed by atoms with Gasteiger partial charge in [-0.25, -0.2) is 13.4 Å². The van der Waals surface area contributed by atoms with Crippen molar-refractivity contribution in [3.63, 3.8) is 0 Å². The van der Waals surface area contributed by atoms with E-state index in [9.17, 15) is 8.42 Å². The van der Waals surface area contributed by atoms with Crippen molar-refractivity contribution in [2.75, 3.05) is 0 Å². The van der Waals surface area contributed by atoms with Gasteiger partial charge in [0.15, 0.2) is 5.03 Å². The fourth-order valence-electron chi connectivity index (χ4n) is 1.53. The maximum Gasteiger partial charge on any atom is 0.280 e. The Labute approximate surface area is 115 Å². The van der Waals surface area contributed by atoms with Gasteiger partial charge in [-0.3, -0.25) is 0 Å². The summed E-state index contributed by atoms with van der Waals surface area (Å²) in [7, 11) is 1.41. The van der Waals surface area contributed by atoms with Gasteiger partial charge in [0.2, 0.25) is 0 Å². The van der Waals surface area contributed by atoms with E-state index in [1.54, 1.807) is 4.57 Å². The molecule has 0 aliphatic rings. The van der Waals surface area contributed by atoms with Crippen molar-refractivity contribution in [1.82, 2.24) is 9.55 Å². The molecule has 0 atom stereocenters. The van der Waals surface area contributed by atoms with E-state index in [4.69, 9.17) is 22.3 Å². The SMILES string of the molecule is Cc1ccc(Cn2cnc(S(=O)(=O)Cl)c2)c(Cl)c1. The largest absolute Gasteiger partial charge is 0.332 e. The fourth-order valence-corrected chi connectivity index (χ4v) is 2.50. The molecule has 0 saturated carbocycles. The zero-order valence-electron chi connectivity index (χ0n) is 9.47. The highest BCUT2D eigenvalue weighted by Crippen LogP contribution is 2.19. The van der Waals surface area contributed by atoms with Crippen LogP contribution >= 0.6 is 22.3 Å². The molecule has 1 heterocycles. The van der Waals surface area contributed by atoms with Gasteiger partial charge in [-0.05, 0) is 24.1 Å². The lowest BCUT2D eigenvalue weighted by Crippen LogP contribution is -1.98. The Balaban J connectivity index is 2.27. The molecule has 1 aromatic carbocycles. The van der Waals surface area contributed by atoms with E-state index in [2.05, 4.69) is 4.98 Å². The van der Waals surface area contributed by atoms with Crippen molar-refractivity contribution in [3.8, 4) is 0 Å². The molecular formula is C11H10Cl2N2O2S. The van der Waals surface area contributed by atoms with Crippen molar-refractivity contribution < 1.29 is 8.42 Å². The molecule has 4 nitrogen and oxygen atoms in total. The van der Waals surface area contributed by atoms with Gasteiger partial charge >= 0.3 is 0 Å². The fraction of sp³-hybridized carbons (Fsp3) is 0.182. The van der Waals surface area contributed by atoms with Gasteiger partial charge in [0.05, 0.1) is 12.9 Å². The summed E-state index contributed by atoms with van der Waals surface area (Å²) in [4.78, 5) is 3.73. The second-order valence-electron chi connectivity index (χ2n) is 3.92. The summed E-state index contributed by atoms with van der Waals surface area (Å²) in [5.41, 5.74) is 1.96. The smallest absolute Gasteiger partial charge is 0.280 e. The van der Waals surface area contributed by atoms with Gasteiger partial charge in [0.1, 0.15) is 0 Å². The Kier molecular flexibility index (Phi) is 3.66. The summed E-state index contributed by atoms with van der Waals surface area (Å²) < 4.78 is 23.8. The van der Waals surface area contributed by atoms with Crippen LogP contribution in [0.1, 0.15) is 11.1 Å². The number of aryl methyl sites for hydroxylation is 1. The Morgan fingerprint density at radius 3 is 2.67 bits per heavy atom. The molecule has 0 aliphatic carbocycles. The molecular weight excluding hydrogens is 295 g/mol. The lowest BCUT2D eigenvalue weighted by Gasteiger charge is -2.05. The third-order valence-electron chi connectivity index (χ3n) is 2.42. The standard InChI is InChI=1S/C11H10Cl2N2O2S/c1-8-2-3-9(10(12)4-8)5-15-6-11(14-7-15)18(13,16)17/h2-4,6-7H,5H2,1H3. The van der Waals surface area contributed by atoms with Crippen molar-refractivity contribution in [2.45, 2.75) is 18.5 Å². The van der Waals surface area contributed by atoms with Crippen molar-refractivity contribution in [1.29, 1.82) is 0 Å². The Hall–Kier alpha value is -1.04. The van der Waals surface area contributed by atoms with E-state index in [1.807, 2.05) is 25.1 Å². The summed E-state index contributed by atoms with van der Waals surface area (Å²) in [5, 5.41) is 0.478. The third kappa shape index (κ3) is 3.04. The van der Waals surface area contributed by atoms with Crippen LogP contribution in [0.3, 0.4) is 0 Å². The Morgan fingerprint density at radius 2 is 2.11 bits per heavy atom. The van der Waals surface area contributed by atoms with Crippen molar-refractivity contribution in [2.24, 2.45) is 0 Å². The zero-order chi connectivity index (χ0) is 13.3. The quantitative estimate of drug-likeness (QED) is 0.819. The number of hydrogen-bond acceptors (Lipinski definition) is 3. The van der Waals surface area contributed by atoms with Crippen LogP contribution in [0, 0.1) is 6.92 Å². The monoisotopic (exact) mass is 304 g/mol. The summed E-state index contributed by atoms with van der Waals surface area (Å²) >= 11 is 6.10. The molecule has 0 bridgehead atoms. The summed E-state index contributed by atoms with van der Waals surface area (Å²) in [6, 6.07) is 5.69. The summed E-state index contributed by atoms with van der Waals surface area (Å²) in [6.45, 7) is 2.39. The van der Waals surface area contributed by atoms with E-state index < -0.39 is 9.05 Å². The van der Waals surface area contributed by atoms with E-state index >= 15 is 0 Å². The minimum absolute atomic E-state index is 0.160. The number of hydrogen-bond donors (Lipinski definition) is 0. The first-order valence-corrected chi connectivity index (χ1v) is 7.76. The minimum Gasteiger partial charge on any atom is -0.332 e. The molecule has 0 saturated heterocycles. The molecule has 0 unspecified atom stereocenters. The first-order valence-electron chi connectivity index (χ1n) is 5.08. The summed E-state index contributed by atoms with van der Waals surface area (Å²) in [6.07, 6.45) is 2.78. The normalized spacial score (nSPS) is 11.7. The number of aromatic nitrogens is 2. The highest BCUT2D eigenvalue weighted by Gasteiger charge is 2.13. The van der Waals surface area contributed by atoms with Crippen molar-refractivity contribution in [3.05, 3.63) is 46.9 Å². The molecule has 96 valence electrons. The topological polar surface area (TPSA) is 52.0 Å². The summed E-state index contributed by atoms with van der Waals surface area (Å²) in [5.74, 6) is 0. The van der Waals surface area contributed by atoms with Crippen LogP contribution in [0.4, 0.5) is 0 Å². The second-order valence-corrected chi connectivity index (χ2v) is 6.84. The Bertz CT molecular complexity index is 680. The zero-order valence-corrected chi connectivity index (χ0v) is 11.8. The third-order valence-corrected chi connectivity index (χ3v) is 3.96. The number of rotatable bonds is 3. The van der Waals surface area contributed by atoms with Gasteiger partial charge in [0.25, 0.3) is 9.05 Å². The maximum atomic E-state index is 11.1. The number of imidazole rings is 1. The number of benzene rings is 1. The molecule has 7 heteroatoms. The van der Waals surface area contributed by atoms with Crippen molar-refractivity contribution >= 4 is 31.3 Å². The second kappa shape index (κ2) is 4.91. The molecule has 18 heavy (non-hydrogen) atoms. The number of halogens is 2. The van der Waals surface area contributed by atoms with Crippen LogP contribution in [-0.4, -0.2) is 18.0 Å². The van der Waals surface area contributed by atoms with E-state index in [0.29, 0.717) is 11.6 Å². The van der Waals surface area contributed by atoms with Gasteiger partial charge in [-0.15, -0.1) is 0 Å². The van der Waals surface area contributed by atoms with Crippen LogP contribution in [0.5, 0.6) is 0 Å². The van der Waals surface area contributed by atoms with Gasteiger partial charge in [-0.1, -0.05) is 23.7 Å². The molecule has 0 radical (unpaired) electrons. The van der Waals surface area contributed by atoms with Gasteiger partial charge in [-0.2, -0.15) is 0 Å². The molecule has 0 spiro atoms. The van der Waals surface area contributed by atoms with Gasteiger partial charge in [0, 0.05) is 21.9 Å². The van der Waals surface area contributed by atoms with Crippen LogP contribution in [0.2, 0.25) is 5.02 Å². The average Bonchev–Trinajstić information content (AvgIpc) is 2.70. The lowest BCUT2D eigenvalue weighted by atomic mass is 10.1. The molecule has 0 aliphatic heterocycles. The van der Waals surface area contributed by atoms with Crippen LogP contribution in [0.25, 0.3) is 0 Å². The molecule has 2 rings (SSSR count). The molecule has 0 N–H and O–H groups in total. The van der Waals surface area contributed by atoms with Crippen LogP contribution in [0.15, 0.2) is 35.7 Å². The first-order chi connectivity index (χ1) is 8.36. The number of nitrogens with zero attached hydrogens (tertiary/aromatic N) is 2. The first kappa shape index (κ1) is 13.4. The highest BCUT2D eigenvalue weighted by atomic mass is 35.7. The molecule has 1 aromatic heterocycles. The maximum absolute atomic E-state index is 11.1.